The summed E-state index contributed by atoms with van der Waals surface area (Å²) in [6.07, 6.45) is 1.51. The zero-order valence-corrected chi connectivity index (χ0v) is 16.5. The monoisotopic (exact) mass is 413 g/mol. The first-order chi connectivity index (χ1) is 15.3. The van der Waals surface area contributed by atoms with E-state index in [2.05, 4.69) is 15.5 Å². The van der Waals surface area contributed by atoms with Crippen LogP contribution in [0.5, 0.6) is 11.5 Å². The fraction of sp³-hybridized carbons (Fsp3) is 0.130. The zero-order valence-electron chi connectivity index (χ0n) is 16.5. The maximum absolute atomic E-state index is 13.3. The molecule has 1 amide bonds. The van der Waals surface area contributed by atoms with E-state index in [1.807, 2.05) is 66.7 Å². The Balaban J connectivity index is 1.36. The number of para-hydroxylation sites is 2. The maximum atomic E-state index is 13.3. The van der Waals surface area contributed by atoms with Gasteiger partial charge in [0.25, 0.3) is 5.91 Å². The molecule has 8 nitrogen and oxygen atoms in total. The Kier molecular flexibility index (Phi) is 5.02. The number of carbonyl (C=O) groups is 1. The van der Waals surface area contributed by atoms with Crippen LogP contribution in [0.3, 0.4) is 0 Å². The second-order valence-electron chi connectivity index (χ2n) is 7.01. The standard InChI is InChI=1S/C23H19N5O3/c29-23(15-30-19-12-10-18(11-13-19)27-16-24-25-26-27)28-20-8-4-5-9-22(20)31-14-21(28)17-6-2-1-3-7-17/h1-13,16,21H,14-15H2. The highest BCUT2D eigenvalue weighted by molar-refractivity contribution is 5.97. The molecule has 1 aromatic heterocycles. The molecule has 0 saturated carbocycles. The summed E-state index contributed by atoms with van der Waals surface area (Å²) in [6.45, 7) is 0.287. The van der Waals surface area contributed by atoms with Crippen molar-refractivity contribution in [2.75, 3.05) is 18.1 Å². The van der Waals surface area contributed by atoms with Crippen molar-refractivity contribution in [2.24, 2.45) is 0 Å². The summed E-state index contributed by atoms with van der Waals surface area (Å²) < 4.78 is 13.3. The van der Waals surface area contributed by atoms with Crippen molar-refractivity contribution >= 4 is 11.6 Å². The van der Waals surface area contributed by atoms with Crippen LogP contribution in [0.2, 0.25) is 0 Å². The lowest BCUT2D eigenvalue weighted by Gasteiger charge is -2.37. The minimum absolute atomic E-state index is 0.0953. The molecule has 4 aromatic rings. The van der Waals surface area contributed by atoms with Gasteiger partial charge >= 0.3 is 0 Å². The van der Waals surface area contributed by atoms with Gasteiger partial charge in [-0.05, 0) is 52.4 Å². The fourth-order valence-corrected chi connectivity index (χ4v) is 3.61. The first-order valence-corrected chi connectivity index (χ1v) is 9.85. The Morgan fingerprint density at radius 2 is 1.77 bits per heavy atom. The minimum Gasteiger partial charge on any atom is -0.489 e. The van der Waals surface area contributed by atoms with Gasteiger partial charge in [0, 0.05) is 0 Å². The lowest BCUT2D eigenvalue weighted by Crippen LogP contribution is -2.43. The van der Waals surface area contributed by atoms with Crippen molar-refractivity contribution in [1.82, 2.24) is 20.2 Å². The molecule has 0 N–H and O–H groups in total. The van der Waals surface area contributed by atoms with Crippen molar-refractivity contribution < 1.29 is 14.3 Å². The van der Waals surface area contributed by atoms with E-state index in [4.69, 9.17) is 9.47 Å². The number of anilines is 1. The van der Waals surface area contributed by atoms with Crippen LogP contribution in [0.15, 0.2) is 85.2 Å². The molecule has 0 fully saturated rings. The van der Waals surface area contributed by atoms with Gasteiger partial charge in [-0.1, -0.05) is 42.5 Å². The Bertz CT molecular complexity index is 1160. The van der Waals surface area contributed by atoms with Gasteiger partial charge in [-0.2, -0.15) is 0 Å². The number of tetrazole rings is 1. The largest absolute Gasteiger partial charge is 0.489 e. The van der Waals surface area contributed by atoms with Gasteiger partial charge in [-0.25, -0.2) is 4.68 Å². The Labute approximate surface area is 178 Å². The third-order valence-electron chi connectivity index (χ3n) is 5.10. The van der Waals surface area contributed by atoms with Crippen LogP contribution in [0.4, 0.5) is 5.69 Å². The SMILES string of the molecule is O=C(COc1ccc(-n2cnnn2)cc1)N1c2ccccc2OCC1c1ccccc1. The van der Waals surface area contributed by atoms with E-state index in [-0.39, 0.29) is 18.6 Å². The van der Waals surface area contributed by atoms with Crippen LogP contribution >= 0.6 is 0 Å². The summed E-state index contributed by atoms with van der Waals surface area (Å²) in [5.41, 5.74) is 2.55. The van der Waals surface area contributed by atoms with Crippen LogP contribution in [-0.4, -0.2) is 39.3 Å². The molecule has 0 radical (unpaired) electrons. The quantitative estimate of drug-likeness (QED) is 0.500. The van der Waals surface area contributed by atoms with E-state index in [9.17, 15) is 4.79 Å². The van der Waals surface area contributed by atoms with Crippen molar-refractivity contribution in [3.05, 3.63) is 90.8 Å². The summed E-state index contributed by atoms with van der Waals surface area (Å²) in [5.74, 6) is 1.13. The maximum Gasteiger partial charge on any atom is 0.265 e. The lowest BCUT2D eigenvalue weighted by molar-refractivity contribution is -0.121. The second kappa shape index (κ2) is 8.27. The first-order valence-electron chi connectivity index (χ1n) is 9.85. The molecule has 1 aliphatic heterocycles. The molecule has 1 unspecified atom stereocenters. The fourth-order valence-electron chi connectivity index (χ4n) is 3.61. The minimum atomic E-state index is -0.227. The number of rotatable bonds is 5. The normalized spacial score (nSPS) is 15.1. The lowest BCUT2D eigenvalue weighted by atomic mass is 10.0. The highest BCUT2D eigenvalue weighted by Gasteiger charge is 2.33. The number of aromatic nitrogens is 4. The molecule has 3 aromatic carbocycles. The van der Waals surface area contributed by atoms with Gasteiger partial charge in [0.05, 0.1) is 17.4 Å². The highest BCUT2D eigenvalue weighted by atomic mass is 16.5. The van der Waals surface area contributed by atoms with E-state index in [0.29, 0.717) is 18.1 Å². The number of nitrogens with zero attached hydrogens (tertiary/aromatic N) is 5. The molecule has 31 heavy (non-hydrogen) atoms. The average Bonchev–Trinajstić information content (AvgIpc) is 3.38. The number of hydrogen-bond donors (Lipinski definition) is 0. The molecule has 0 aliphatic carbocycles. The van der Waals surface area contributed by atoms with Crippen LogP contribution in [0.25, 0.3) is 5.69 Å². The molecule has 1 aliphatic rings. The summed E-state index contributed by atoms with van der Waals surface area (Å²) in [4.78, 5) is 15.1. The number of benzene rings is 3. The number of ether oxygens (including phenoxy) is 2. The van der Waals surface area contributed by atoms with Gasteiger partial charge in [-0.15, -0.1) is 5.10 Å². The smallest absolute Gasteiger partial charge is 0.265 e. The Morgan fingerprint density at radius 3 is 2.55 bits per heavy atom. The van der Waals surface area contributed by atoms with Crippen LogP contribution in [0, 0.1) is 0 Å². The van der Waals surface area contributed by atoms with Gasteiger partial charge in [-0.3, -0.25) is 9.69 Å². The average molecular weight is 413 g/mol. The second-order valence-corrected chi connectivity index (χ2v) is 7.01. The van der Waals surface area contributed by atoms with Crippen LogP contribution in [0.1, 0.15) is 11.6 Å². The molecule has 0 saturated heterocycles. The molecule has 154 valence electrons. The number of carbonyl (C=O) groups excluding carboxylic acids is 1. The molecular weight excluding hydrogens is 394 g/mol. The Hall–Kier alpha value is -4.20. The van der Waals surface area contributed by atoms with Crippen molar-refractivity contribution in [3.63, 3.8) is 0 Å². The predicted octanol–water partition coefficient (Wildman–Crippen LogP) is 3.21. The van der Waals surface area contributed by atoms with E-state index >= 15 is 0 Å². The molecular formula is C23H19N5O3. The van der Waals surface area contributed by atoms with E-state index in [0.717, 1.165) is 16.9 Å². The predicted molar refractivity (Wildman–Crippen MR) is 113 cm³/mol. The number of hydrogen-bond acceptors (Lipinski definition) is 6. The van der Waals surface area contributed by atoms with Gasteiger partial charge in [0.1, 0.15) is 24.4 Å². The van der Waals surface area contributed by atoms with Crippen LogP contribution < -0.4 is 14.4 Å². The summed E-state index contributed by atoms with van der Waals surface area (Å²) in [7, 11) is 0. The topological polar surface area (TPSA) is 82.4 Å². The van der Waals surface area contributed by atoms with Gasteiger partial charge in [0.15, 0.2) is 6.61 Å². The molecule has 0 spiro atoms. The van der Waals surface area contributed by atoms with Crippen molar-refractivity contribution in [1.29, 1.82) is 0 Å². The Morgan fingerprint density at radius 1 is 1.00 bits per heavy atom. The molecule has 2 heterocycles. The molecule has 5 rings (SSSR count). The van der Waals surface area contributed by atoms with E-state index < -0.39 is 0 Å². The summed E-state index contributed by atoms with van der Waals surface area (Å²) in [5, 5.41) is 11.1. The van der Waals surface area contributed by atoms with Crippen LogP contribution in [-0.2, 0) is 4.79 Å². The van der Waals surface area contributed by atoms with E-state index in [1.165, 1.54) is 6.33 Å². The van der Waals surface area contributed by atoms with E-state index in [1.54, 1.807) is 21.7 Å². The summed E-state index contributed by atoms with van der Waals surface area (Å²) in [6, 6.07) is 24.4. The zero-order chi connectivity index (χ0) is 21.0. The number of fused-ring (bicyclic) bond motifs is 1. The third kappa shape index (κ3) is 3.83. The number of amides is 1. The highest BCUT2D eigenvalue weighted by Crippen LogP contribution is 2.39. The van der Waals surface area contributed by atoms with Crippen molar-refractivity contribution in [2.45, 2.75) is 6.04 Å². The van der Waals surface area contributed by atoms with Gasteiger partial charge in [0.2, 0.25) is 0 Å². The molecule has 8 heteroatoms. The third-order valence-corrected chi connectivity index (χ3v) is 5.10. The summed E-state index contributed by atoms with van der Waals surface area (Å²) >= 11 is 0. The molecule has 1 atom stereocenters. The van der Waals surface area contributed by atoms with Gasteiger partial charge < -0.3 is 9.47 Å². The van der Waals surface area contributed by atoms with Crippen molar-refractivity contribution in [3.8, 4) is 17.2 Å². The first kappa shape index (κ1) is 18.8. The molecule has 0 bridgehead atoms.